The van der Waals surface area contributed by atoms with Crippen molar-refractivity contribution in [2.24, 2.45) is 5.92 Å². The molecule has 1 amide bonds. The van der Waals surface area contributed by atoms with Gasteiger partial charge in [-0.1, -0.05) is 57.7 Å². The van der Waals surface area contributed by atoms with Gasteiger partial charge in [0.05, 0.1) is 11.6 Å². The quantitative estimate of drug-likeness (QED) is 0.315. The monoisotopic (exact) mass is 436 g/mol. The Morgan fingerprint density at radius 1 is 1.16 bits per heavy atom. The highest BCUT2D eigenvalue weighted by atomic mass is 16.2. The Morgan fingerprint density at radius 2 is 1.94 bits per heavy atom. The van der Waals surface area contributed by atoms with Gasteiger partial charge < -0.3 is 10.1 Å². The first kappa shape index (κ1) is 25.8. The molecule has 0 aromatic heterocycles. The lowest BCUT2D eigenvalue weighted by molar-refractivity contribution is -0.124. The second-order valence-electron chi connectivity index (χ2n) is 9.18. The zero-order valence-electron chi connectivity index (χ0n) is 20.4. The van der Waals surface area contributed by atoms with Gasteiger partial charge in [-0.15, -0.1) is 0 Å². The topological polar surface area (TPSA) is 70.0 Å². The Balaban J connectivity index is 2.28. The molecule has 0 heterocycles. The van der Waals surface area contributed by atoms with Crippen molar-refractivity contribution in [2.75, 3.05) is 6.54 Å². The number of ketones is 1. The minimum Gasteiger partial charge on any atom is -0.352 e. The number of nitrogens with one attached hydrogen (secondary N) is 1. The Bertz CT molecular complexity index is 863. The number of nitriles is 1. The van der Waals surface area contributed by atoms with Crippen LogP contribution in [0.4, 0.5) is 0 Å². The maximum absolute atomic E-state index is 12.1. The van der Waals surface area contributed by atoms with E-state index in [1.54, 1.807) is 0 Å². The Morgan fingerprint density at radius 3 is 2.56 bits per heavy atom. The van der Waals surface area contributed by atoms with Gasteiger partial charge in [-0.25, -0.2) is 0 Å². The Labute approximate surface area is 194 Å². The first-order valence-electron chi connectivity index (χ1n) is 12.4. The number of aryl methyl sites for hydroxylation is 2. The smallest absolute Gasteiger partial charge is 0.220 e. The van der Waals surface area contributed by atoms with Crippen LogP contribution in [0.5, 0.6) is 0 Å². The second-order valence-corrected chi connectivity index (χ2v) is 9.18. The molecule has 0 aliphatic heterocycles. The molecule has 32 heavy (non-hydrogen) atoms. The summed E-state index contributed by atoms with van der Waals surface area (Å²) in [6.07, 6.45) is 11.5. The van der Waals surface area contributed by atoms with Gasteiger partial charge in [0.15, 0.2) is 0 Å². The first-order chi connectivity index (χ1) is 15.4. The van der Waals surface area contributed by atoms with Crippen molar-refractivity contribution >= 4 is 11.7 Å². The van der Waals surface area contributed by atoms with Crippen molar-refractivity contribution in [2.45, 2.75) is 97.8 Å². The van der Waals surface area contributed by atoms with Gasteiger partial charge in [0, 0.05) is 25.3 Å². The van der Waals surface area contributed by atoms with Crippen LogP contribution < -0.4 is 5.32 Å². The average molecular weight is 437 g/mol. The van der Waals surface area contributed by atoms with Crippen molar-refractivity contribution in [3.05, 3.63) is 46.0 Å². The molecule has 0 saturated carbocycles. The van der Waals surface area contributed by atoms with Gasteiger partial charge in [-0.05, 0) is 67.7 Å². The van der Waals surface area contributed by atoms with Crippen LogP contribution in [0.15, 0.2) is 23.8 Å². The van der Waals surface area contributed by atoms with Gasteiger partial charge in [0.25, 0.3) is 0 Å². The summed E-state index contributed by atoms with van der Waals surface area (Å²) in [5.41, 5.74) is 5.82. The number of benzene rings is 1. The van der Waals surface area contributed by atoms with Gasteiger partial charge >= 0.3 is 0 Å². The predicted molar refractivity (Wildman–Crippen MR) is 131 cm³/mol. The van der Waals surface area contributed by atoms with Crippen LogP contribution in [0.3, 0.4) is 0 Å². The van der Waals surface area contributed by atoms with Crippen LogP contribution in [0.1, 0.15) is 107 Å². The van der Waals surface area contributed by atoms with Crippen LogP contribution >= 0.6 is 0 Å². The van der Waals surface area contributed by atoms with E-state index < -0.39 is 0 Å². The Kier molecular flexibility index (Phi) is 10.7. The zero-order chi connectivity index (χ0) is 23.5. The maximum Gasteiger partial charge on any atom is 0.220 e. The molecular formula is C28H40N2O2. The molecule has 1 aliphatic rings. The summed E-state index contributed by atoms with van der Waals surface area (Å²) in [7, 11) is 0. The summed E-state index contributed by atoms with van der Waals surface area (Å²) in [5, 5.41) is 13.0. The lowest BCUT2D eigenvalue weighted by Crippen LogP contribution is -2.28. The summed E-state index contributed by atoms with van der Waals surface area (Å²) in [4.78, 5) is 23.2. The molecule has 1 aromatic carbocycles. The fourth-order valence-electron chi connectivity index (χ4n) is 4.82. The summed E-state index contributed by atoms with van der Waals surface area (Å²) < 4.78 is 0. The van der Waals surface area contributed by atoms with Gasteiger partial charge in [0.2, 0.25) is 5.91 Å². The number of allylic oxidation sites excluding steroid dienone is 1. The van der Waals surface area contributed by atoms with E-state index in [9.17, 15) is 14.9 Å². The molecule has 1 N–H and O–H groups in total. The van der Waals surface area contributed by atoms with Crippen molar-refractivity contribution in [1.82, 2.24) is 5.32 Å². The van der Waals surface area contributed by atoms with Crippen LogP contribution in [-0.2, 0) is 22.4 Å². The highest BCUT2D eigenvalue weighted by molar-refractivity contribution is 5.83. The molecule has 2 atom stereocenters. The fraction of sp³-hybridized carbons (Fsp3) is 0.607. The molecule has 2 unspecified atom stereocenters. The van der Waals surface area contributed by atoms with Crippen LogP contribution in [0.25, 0.3) is 0 Å². The number of carbonyl (C=O) groups excluding carboxylic acids is 2. The van der Waals surface area contributed by atoms with E-state index in [2.05, 4.69) is 50.4 Å². The minimum absolute atomic E-state index is 0.0390. The molecule has 2 rings (SSSR count). The number of nitrogens with zero attached hydrogens (tertiary/aromatic N) is 1. The number of amides is 1. The summed E-state index contributed by atoms with van der Waals surface area (Å²) >= 11 is 0. The van der Waals surface area contributed by atoms with Crippen molar-refractivity contribution in [1.29, 1.82) is 5.26 Å². The van der Waals surface area contributed by atoms with Gasteiger partial charge in [-0.2, -0.15) is 5.26 Å². The van der Waals surface area contributed by atoms with E-state index in [0.29, 0.717) is 18.9 Å². The number of carbonyl (C=O) groups is 2. The summed E-state index contributed by atoms with van der Waals surface area (Å²) in [6, 6.07) is 6.94. The molecular weight excluding hydrogens is 396 g/mol. The molecule has 0 spiro atoms. The highest BCUT2D eigenvalue weighted by Gasteiger charge is 2.28. The third kappa shape index (κ3) is 7.33. The third-order valence-corrected chi connectivity index (χ3v) is 6.73. The van der Waals surface area contributed by atoms with Crippen molar-refractivity contribution < 1.29 is 9.59 Å². The minimum atomic E-state index is -0.0707. The van der Waals surface area contributed by atoms with Gasteiger partial charge in [0.1, 0.15) is 5.78 Å². The summed E-state index contributed by atoms with van der Waals surface area (Å²) in [6.45, 7) is 8.67. The normalized spacial score (nSPS) is 18.0. The summed E-state index contributed by atoms with van der Waals surface area (Å²) in [5.74, 6) is 0.693. The fourth-order valence-corrected chi connectivity index (χ4v) is 4.82. The van der Waals surface area contributed by atoms with E-state index >= 15 is 0 Å². The Hall–Kier alpha value is -2.41. The molecule has 1 aliphatic carbocycles. The van der Waals surface area contributed by atoms with Crippen molar-refractivity contribution in [3.8, 4) is 6.07 Å². The SMILES string of the molecule is CCCCCc1cc(C#N)c(C2C=C(CNC(=O)CCC(C)=O)CCC2CC)c(CC)c1. The zero-order valence-corrected chi connectivity index (χ0v) is 20.4. The molecule has 174 valence electrons. The maximum atomic E-state index is 12.1. The number of hydrogen-bond donors (Lipinski definition) is 1. The molecule has 4 heteroatoms. The number of rotatable bonds is 12. The standard InChI is InChI=1S/C28H40N2O2/c1-5-8-9-10-21-15-24(7-3)28(25(16-21)18-29)26-17-22(12-13-23(26)6-2)19-30-27(32)14-11-20(4)31/h15-17,23,26H,5-14,19H2,1-4H3,(H,30,32). The predicted octanol–water partition coefficient (Wildman–Crippen LogP) is 6.17. The van der Waals surface area contributed by atoms with Gasteiger partial charge in [-0.3, -0.25) is 4.79 Å². The van der Waals surface area contributed by atoms with Crippen LogP contribution in [0, 0.1) is 17.2 Å². The number of hydrogen-bond acceptors (Lipinski definition) is 3. The molecule has 4 nitrogen and oxygen atoms in total. The molecule has 1 aromatic rings. The van der Waals surface area contributed by atoms with Crippen LogP contribution in [0.2, 0.25) is 0 Å². The number of Topliss-reactive ketones (excluding diaryl/α,β-unsaturated/α-hetero) is 1. The highest BCUT2D eigenvalue weighted by Crippen LogP contribution is 2.41. The van der Waals surface area contributed by atoms with E-state index in [-0.39, 0.29) is 24.0 Å². The van der Waals surface area contributed by atoms with E-state index in [1.807, 2.05) is 0 Å². The lowest BCUT2D eigenvalue weighted by atomic mass is 9.72. The lowest BCUT2D eigenvalue weighted by Gasteiger charge is -2.32. The molecule has 0 fully saturated rings. The van der Waals surface area contributed by atoms with Crippen molar-refractivity contribution in [3.63, 3.8) is 0 Å². The van der Waals surface area contributed by atoms with E-state index in [4.69, 9.17) is 0 Å². The third-order valence-electron chi connectivity index (χ3n) is 6.73. The first-order valence-corrected chi connectivity index (χ1v) is 12.4. The molecule has 0 saturated heterocycles. The van der Waals surface area contributed by atoms with Crippen LogP contribution in [-0.4, -0.2) is 18.2 Å². The molecule has 0 radical (unpaired) electrons. The van der Waals surface area contributed by atoms with E-state index in [0.717, 1.165) is 44.1 Å². The number of unbranched alkanes of at least 4 members (excludes halogenated alkanes) is 2. The average Bonchev–Trinajstić information content (AvgIpc) is 2.80. The molecule has 0 bridgehead atoms. The van der Waals surface area contributed by atoms with E-state index in [1.165, 1.54) is 42.0 Å². The second kappa shape index (κ2) is 13.2. The largest absolute Gasteiger partial charge is 0.352 e.